The van der Waals surface area contributed by atoms with E-state index in [1.54, 1.807) is 0 Å². The Morgan fingerprint density at radius 3 is 2.59 bits per heavy atom. The van der Waals surface area contributed by atoms with E-state index >= 15 is 0 Å². The minimum absolute atomic E-state index is 0.390. The maximum Gasteiger partial charge on any atom is 0.211 e. The SMILES string of the molecule is C/C=S1\N=C(Nc2ccc(C)cc2C)Nc2c(Oc3ccccc3Cl)cccc21. The summed E-state index contributed by atoms with van der Waals surface area (Å²) >= 11 is 6.29. The minimum Gasteiger partial charge on any atom is -0.454 e. The Morgan fingerprint density at radius 2 is 1.83 bits per heavy atom. The zero-order chi connectivity index (χ0) is 20.4. The number of rotatable bonds is 3. The highest BCUT2D eigenvalue weighted by atomic mass is 35.5. The lowest BCUT2D eigenvalue weighted by molar-refractivity contribution is 0.484. The van der Waals surface area contributed by atoms with E-state index in [9.17, 15) is 0 Å². The molecule has 148 valence electrons. The van der Waals surface area contributed by atoms with Crippen LogP contribution in [0.5, 0.6) is 11.5 Å². The highest BCUT2D eigenvalue weighted by Gasteiger charge is 2.20. The highest BCUT2D eigenvalue weighted by Crippen LogP contribution is 2.44. The predicted molar refractivity (Wildman–Crippen MR) is 126 cm³/mol. The molecule has 0 bridgehead atoms. The summed E-state index contributed by atoms with van der Waals surface area (Å²) in [5, 5.41) is 9.52. The molecule has 4 nitrogen and oxygen atoms in total. The first kappa shape index (κ1) is 19.6. The van der Waals surface area contributed by atoms with Crippen molar-refractivity contribution >= 4 is 45.0 Å². The molecule has 4 rings (SSSR count). The van der Waals surface area contributed by atoms with Crippen LogP contribution in [0.3, 0.4) is 0 Å². The summed E-state index contributed by atoms with van der Waals surface area (Å²) in [5.41, 5.74) is 4.32. The Morgan fingerprint density at radius 1 is 1.03 bits per heavy atom. The maximum atomic E-state index is 6.29. The number of nitrogens with one attached hydrogen (secondary N) is 2. The second kappa shape index (κ2) is 8.31. The molecule has 3 aromatic carbocycles. The fourth-order valence-electron chi connectivity index (χ4n) is 3.14. The van der Waals surface area contributed by atoms with Crippen molar-refractivity contribution in [1.29, 1.82) is 0 Å². The van der Waals surface area contributed by atoms with Crippen molar-refractivity contribution < 1.29 is 4.74 Å². The van der Waals surface area contributed by atoms with Crippen LogP contribution in [0.25, 0.3) is 0 Å². The van der Waals surface area contributed by atoms with E-state index in [1.165, 1.54) is 11.1 Å². The number of para-hydroxylation sites is 2. The summed E-state index contributed by atoms with van der Waals surface area (Å²) in [5.74, 6) is 2.03. The number of anilines is 2. The molecule has 3 aromatic rings. The van der Waals surface area contributed by atoms with Crippen LogP contribution in [0, 0.1) is 13.8 Å². The number of guanidine groups is 1. The summed E-state index contributed by atoms with van der Waals surface area (Å²) in [6.07, 6.45) is 0. The third kappa shape index (κ3) is 4.16. The Balaban J connectivity index is 1.69. The van der Waals surface area contributed by atoms with Gasteiger partial charge in [-0.05, 0) is 72.7 Å². The minimum atomic E-state index is -0.390. The van der Waals surface area contributed by atoms with Crippen LogP contribution in [0.15, 0.2) is 70.0 Å². The lowest BCUT2D eigenvalue weighted by Crippen LogP contribution is -2.25. The summed E-state index contributed by atoms with van der Waals surface area (Å²) in [7, 11) is -0.390. The summed E-state index contributed by atoms with van der Waals surface area (Å²) in [6, 6.07) is 19.8. The molecule has 0 fully saturated rings. The van der Waals surface area contributed by atoms with Crippen LogP contribution in [-0.4, -0.2) is 11.3 Å². The molecular weight excluding hydrogens is 402 g/mol. The third-order valence-corrected chi connectivity index (χ3v) is 6.49. The second-order valence-electron chi connectivity index (χ2n) is 6.72. The average molecular weight is 424 g/mol. The third-order valence-electron chi connectivity index (χ3n) is 4.56. The predicted octanol–water partition coefficient (Wildman–Crippen LogP) is 7.01. The number of nitrogens with zero attached hydrogens (tertiary/aromatic N) is 1. The number of halogens is 1. The van der Waals surface area contributed by atoms with Crippen LogP contribution in [0.4, 0.5) is 11.4 Å². The molecule has 0 spiro atoms. The molecule has 0 aliphatic carbocycles. The van der Waals surface area contributed by atoms with Gasteiger partial charge in [-0.15, -0.1) is 0 Å². The van der Waals surface area contributed by atoms with Gasteiger partial charge in [-0.1, -0.05) is 47.5 Å². The van der Waals surface area contributed by atoms with Crippen LogP contribution in [0.2, 0.25) is 5.02 Å². The molecule has 6 heteroatoms. The van der Waals surface area contributed by atoms with Gasteiger partial charge >= 0.3 is 0 Å². The van der Waals surface area contributed by atoms with Crippen molar-refractivity contribution in [3.05, 3.63) is 76.8 Å². The molecule has 1 atom stereocenters. The van der Waals surface area contributed by atoms with E-state index in [0.717, 1.165) is 16.3 Å². The van der Waals surface area contributed by atoms with Crippen LogP contribution >= 0.6 is 22.3 Å². The van der Waals surface area contributed by atoms with E-state index in [4.69, 9.17) is 20.7 Å². The molecule has 1 heterocycles. The van der Waals surface area contributed by atoms with E-state index < -0.39 is 0 Å². The van der Waals surface area contributed by atoms with Gasteiger partial charge in [0.15, 0.2) is 5.75 Å². The van der Waals surface area contributed by atoms with Crippen LogP contribution in [0.1, 0.15) is 18.1 Å². The summed E-state index contributed by atoms with van der Waals surface area (Å²) in [4.78, 5) is 1.09. The summed E-state index contributed by atoms with van der Waals surface area (Å²) < 4.78 is 11.0. The maximum absolute atomic E-state index is 6.29. The monoisotopic (exact) mass is 423 g/mol. The van der Waals surface area contributed by atoms with E-state index in [1.807, 2.05) is 43.3 Å². The molecule has 2 N–H and O–H groups in total. The smallest absolute Gasteiger partial charge is 0.211 e. The molecule has 0 radical (unpaired) electrons. The Bertz CT molecular complexity index is 1140. The zero-order valence-electron chi connectivity index (χ0n) is 16.5. The number of hydrogen-bond acceptors (Lipinski definition) is 4. The first-order chi connectivity index (χ1) is 14.0. The van der Waals surface area contributed by atoms with Gasteiger partial charge in [-0.3, -0.25) is 0 Å². The number of fused-ring (bicyclic) bond motifs is 1. The number of hydrogen-bond donors (Lipinski definition) is 2. The van der Waals surface area contributed by atoms with E-state index in [2.05, 4.69) is 54.1 Å². The Labute approximate surface area is 178 Å². The van der Waals surface area contributed by atoms with Gasteiger partial charge in [0.2, 0.25) is 5.96 Å². The first-order valence-electron chi connectivity index (χ1n) is 9.33. The number of aryl methyl sites for hydroxylation is 2. The van der Waals surface area contributed by atoms with Crippen molar-refractivity contribution in [1.82, 2.24) is 0 Å². The largest absolute Gasteiger partial charge is 0.454 e. The fraction of sp³-hybridized carbons (Fsp3) is 0.130. The van der Waals surface area contributed by atoms with Crippen molar-refractivity contribution in [3.63, 3.8) is 0 Å². The van der Waals surface area contributed by atoms with Crippen molar-refractivity contribution in [2.45, 2.75) is 25.7 Å². The van der Waals surface area contributed by atoms with Gasteiger partial charge in [0.1, 0.15) is 5.75 Å². The molecule has 1 unspecified atom stereocenters. The standard InChI is InChI=1S/C23H22ClN3OS/c1-4-29-21-11-7-10-20(28-19-9-6-5-8-17(19)24)22(21)26-23(27-29)25-18-13-12-15(2)14-16(18)3/h4-14H,1-3H3,(H2,25,26,27). The molecule has 1 aliphatic heterocycles. The topological polar surface area (TPSA) is 45.7 Å². The fourth-order valence-corrected chi connectivity index (χ4v) is 4.64. The highest BCUT2D eigenvalue weighted by molar-refractivity contribution is 8.14. The molecule has 0 aromatic heterocycles. The quantitative estimate of drug-likeness (QED) is 0.445. The van der Waals surface area contributed by atoms with Gasteiger partial charge in [0.25, 0.3) is 0 Å². The zero-order valence-corrected chi connectivity index (χ0v) is 18.1. The van der Waals surface area contributed by atoms with Gasteiger partial charge in [-0.2, -0.15) is 4.40 Å². The van der Waals surface area contributed by atoms with Crippen LogP contribution < -0.4 is 15.4 Å². The number of benzene rings is 3. The van der Waals surface area contributed by atoms with Gasteiger partial charge < -0.3 is 15.4 Å². The van der Waals surface area contributed by atoms with Gasteiger partial charge in [-0.25, -0.2) is 0 Å². The van der Waals surface area contributed by atoms with E-state index in [-0.39, 0.29) is 10.7 Å². The lowest BCUT2D eigenvalue weighted by atomic mass is 10.1. The summed E-state index contributed by atoms with van der Waals surface area (Å²) in [6.45, 7) is 6.20. The van der Waals surface area contributed by atoms with E-state index in [0.29, 0.717) is 22.5 Å². The average Bonchev–Trinajstić information content (AvgIpc) is 2.71. The molecule has 0 saturated carbocycles. The Hall–Kier alpha value is -2.76. The molecule has 29 heavy (non-hydrogen) atoms. The van der Waals surface area contributed by atoms with Crippen LogP contribution in [-0.2, 0) is 0 Å². The molecular formula is C23H22ClN3OS. The molecule has 0 saturated heterocycles. The van der Waals surface area contributed by atoms with Crippen molar-refractivity contribution in [2.75, 3.05) is 10.6 Å². The first-order valence-corrected chi connectivity index (χ1v) is 11.0. The van der Waals surface area contributed by atoms with Crippen molar-refractivity contribution in [2.24, 2.45) is 4.40 Å². The van der Waals surface area contributed by atoms with Gasteiger partial charge in [0, 0.05) is 5.69 Å². The van der Waals surface area contributed by atoms with Crippen molar-refractivity contribution in [3.8, 4) is 11.5 Å². The normalized spacial score (nSPS) is 15.3. The van der Waals surface area contributed by atoms with Gasteiger partial charge in [0.05, 0.1) is 15.6 Å². The Kier molecular flexibility index (Phi) is 5.60. The lowest BCUT2D eigenvalue weighted by Gasteiger charge is -2.24. The number of ether oxygens (including phenoxy) is 1. The second-order valence-corrected chi connectivity index (χ2v) is 8.85. The molecule has 1 aliphatic rings. The molecule has 0 amide bonds.